The summed E-state index contributed by atoms with van der Waals surface area (Å²) in [6.45, 7) is 4.04. The molecule has 4 rings (SSSR count). The van der Waals surface area contributed by atoms with Crippen LogP contribution in [-0.2, 0) is 19.4 Å². The summed E-state index contributed by atoms with van der Waals surface area (Å²) in [4.78, 5) is 4.80. The van der Waals surface area contributed by atoms with Crippen molar-refractivity contribution in [3.05, 3.63) is 47.0 Å². The van der Waals surface area contributed by atoms with Gasteiger partial charge in [-0.2, -0.15) is 0 Å². The molecule has 3 heteroatoms. The van der Waals surface area contributed by atoms with E-state index in [9.17, 15) is 0 Å². The number of imidazole rings is 1. The first-order valence-corrected chi connectivity index (χ1v) is 8.09. The van der Waals surface area contributed by atoms with Gasteiger partial charge in [-0.1, -0.05) is 18.2 Å². The highest BCUT2D eigenvalue weighted by atomic mass is 16.5. The number of hydrogen-bond donors (Lipinski definition) is 0. The minimum atomic E-state index is 0.550. The van der Waals surface area contributed by atoms with Gasteiger partial charge >= 0.3 is 0 Å². The second kappa shape index (κ2) is 5.21. The maximum atomic E-state index is 5.79. The predicted octanol–water partition coefficient (Wildman–Crippen LogP) is 3.64. The van der Waals surface area contributed by atoms with Crippen LogP contribution in [0, 0.1) is 6.92 Å². The smallest absolute Gasteiger partial charge is 0.122 e. The lowest BCUT2D eigenvalue weighted by Gasteiger charge is -2.27. The van der Waals surface area contributed by atoms with Crippen LogP contribution in [0.25, 0.3) is 0 Å². The molecule has 0 N–H and O–H groups in total. The SMILES string of the molecule is Cc1nc2c(n1CC1CCOc3ccccc31)CCCC2. The second-order valence-corrected chi connectivity index (χ2v) is 6.24. The number of nitrogens with zero attached hydrogens (tertiary/aromatic N) is 2. The Kier molecular flexibility index (Phi) is 3.21. The van der Waals surface area contributed by atoms with Crippen molar-refractivity contribution in [1.82, 2.24) is 9.55 Å². The first-order valence-electron chi connectivity index (χ1n) is 8.09. The molecule has 0 spiro atoms. The van der Waals surface area contributed by atoms with E-state index in [1.165, 1.54) is 42.0 Å². The van der Waals surface area contributed by atoms with E-state index in [0.29, 0.717) is 5.92 Å². The van der Waals surface area contributed by atoms with Gasteiger partial charge in [-0.05, 0) is 50.7 Å². The molecule has 0 saturated carbocycles. The number of hydrogen-bond acceptors (Lipinski definition) is 2. The van der Waals surface area contributed by atoms with Crippen molar-refractivity contribution in [2.45, 2.75) is 51.5 Å². The summed E-state index contributed by atoms with van der Waals surface area (Å²) < 4.78 is 8.26. The third-order valence-corrected chi connectivity index (χ3v) is 4.91. The summed E-state index contributed by atoms with van der Waals surface area (Å²) in [7, 11) is 0. The Labute approximate surface area is 126 Å². The molecule has 110 valence electrons. The van der Waals surface area contributed by atoms with Crippen LogP contribution in [0.2, 0.25) is 0 Å². The molecular weight excluding hydrogens is 260 g/mol. The Morgan fingerprint density at radius 3 is 3.05 bits per heavy atom. The van der Waals surface area contributed by atoms with Gasteiger partial charge < -0.3 is 9.30 Å². The van der Waals surface area contributed by atoms with E-state index in [-0.39, 0.29) is 0 Å². The summed E-state index contributed by atoms with van der Waals surface area (Å²) in [6, 6.07) is 8.50. The number of fused-ring (bicyclic) bond motifs is 2. The first kappa shape index (κ1) is 12.9. The van der Waals surface area contributed by atoms with E-state index in [1.54, 1.807) is 0 Å². The second-order valence-electron chi connectivity index (χ2n) is 6.24. The van der Waals surface area contributed by atoms with Crippen LogP contribution in [0.3, 0.4) is 0 Å². The third-order valence-electron chi connectivity index (χ3n) is 4.91. The number of aromatic nitrogens is 2. The zero-order valence-electron chi connectivity index (χ0n) is 12.6. The lowest BCUT2D eigenvalue weighted by Crippen LogP contribution is -2.20. The maximum absolute atomic E-state index is 5.79. The summed E-state index contributed by atoms with van der Waals surface area (Å²) in [5.74, 6) is 2.81. The zero-order chi connectivity index (χ0) is 14.2. The largest absolute Gasteiger partial charge is 0.493 e. The molecular formula is C18H22N2O. The Hall–Kier alpha value is -1.77. The number of ether oxygens (including phenoxy) is 1. The van der Waals surface area contributed by atoms with E-state index in [0.717, 1.165) is 31.7 Å². The van der Waals surface area contributed by atoms with Gasteiger partial charge in [-0.15, -0.1) is 0 Å². The lowest BCUT2D eigenvalue weighted by atomic mass is 9.92. The fourth-order valence-electron chi connectivity index (χ4n) is 3.80. The number of aryl methyl sites for hydroxylation is 2. The highest BCUT2D eigenvalue weighted by molar-refractivity contribution is 5.38. The Morgan fingerprint density at radius 2 is 2.10 bits per heavy atom. The Bertz CT molecular complexity index is 659. The standard InChI is InChI=1S/C18H22N2O/c1-13-19-16-7-3-4-8-17(16)20(13)12-14-10-11-21-18-9-5-2-6-15(14)18/h2,5-6,9,14H,3-4,7-8,10-12H2,1H3. The van der Waals surface area contributed by atoms with Gasteiger partial charge in [0.15, 0.2) is 0 Å². The number of para-hydroxylation sites is 1. The van der Waals surface area contributed by atoms with Crippen LogP contribution < -0.4 is 4.74 Å². The minimum Gasteiger partial charge on any atom is -0.493 e. The van der Waals surface area contributed by atoms with E-state index >= 15 is 0 Å². The maximum Gasteiger partial charge on any atom is 0.122 e. The predicted molar refractivity (Wildman–Crippen MR) is 82.9 cm³/mol. The van der Waals surface area contributed by atoms with Crippen LogP contribution in [0.1, 0.15) is 48.0 Å². The van der Waals surface area contributed by atoms with Crippen molar-refractivity contribution in [3.8, 4) is 5.75 Å². The molecule has 1 unspecified atom stereocenters. The third kappa shape index (κ3) is 2.25. The molecule has 0 fully saturated rings. The molecule has 0 radical (unpaired) electrons. The zero-order valence-corrected chi connectivity index (χ0v) is 12.6. The normalized spacial score (nSPS) is 20.5. The van der Waals surface area contributed by atoms with Gasteiger partial charge in [0.05, 0.1) is 12.3 Å². The summed E-state index contributed by atoms with van der Waals surface area (Å²) in [5, 5.41) is 0. The molecule has 2 aliphatic rings. The van der Waals surface area contributed by atoms with Gasteiger partial charge in [0.25, 0.3) is 0 Å². The lowest BCUT2D eigenvalue weighted by molar-refractivity contribution is 0.257. The van der Waals surface area contributed by atoms with Crippen molar-refractivity contribution in [3.63, 3.8) is 0 Å². The van der Waals surface area contributed by atoms with Gasteiger partial charge in [0, 0.05) is 18.2 Å². The molecule has 1 atom stereocenters. The van der Waals surface area contributed by atoms with Crippen molar-refractivity contribution in [2.24, 2.45) is 0 Å². The quantitative estimate of drug-likeness (QED) is 0.841. The Balaban J connectivity index is 1.67. The molecule has 1 aromatic heterocycles. The van der Waals surface area contributed by atoms with E-state index < -0.39 is 0 Å². The highest BCUT2D eigenvalue weighted by Gasteiger charge is 2.25. The van der Waals surface area contributed by atoms with Crippen LogP contribution in [0.15, 0.2) is 24.3 Å². The molecule has 0 bridgehead atoms. The topological polar surface area (TPSA) is 27.1 Å². The molecule has 0 amide bonds. The van der Waals surface area contributed by atoms with E-state index in [2.05, 4.69) is 35.8 Å². The average Bonchev–Trinajstić information content (AvgIpc) is 2.84. The molecule has 2 heterocycles. The molecule has 1 aliphatic carbocycles. The fourth-order valence-corrected chi connectivity index (χ4v) is 3.80. The van der Waals surface area contributed by atoms with Crippen LogP contribution >= 0.6 is 0 Å². The average molecular weight is 282 g/mol. The monoisotopic (exact) mass is 282 g/mol. The van der Waals surface area contributed by atoms with Crippen molar-refractivity contribution >= 4 is 0 Å². The molecule has 3 nitrogen and oxygen atoms in total. The van der Waals surface area contributed by atoms with Crippen LogP contribution in [-0.4, -0.2) is 16.2 Å². The molecule has 1 aliphatic heterocycles. The van der Waals surface area contributed by atoms with Crippen molar-refractivity contribution < 1.29 is 4.74 Å². The van der Waals surface area contributed by atoms with Gasteiger partial charge in [-0.3, -0.25) is 0 Å². The molecule has 21 heavy (non-hydrogen) atoms. The number of benzene rings is 1. The van der Waals surface area contributed by atoms with Crippen LogP contribution in [0.4, 0.5) is 0 Å². The van der Waals surface area contributed by atoms with Crippen LogP contribution in [0.5, 0.6) is 5.75 Å². The summed E-state index contributed by atoms with van der Waals surface area (Å²) in [5.41, 5.74) is 4.20. The Morgan fingerprint density at radius 1 is 1.24 bits per heavy atom. The van der Waals surface area contributed by atoms with E-state index in [1.807, 2.05) is 0 Å². The molecule has 0 saturated heterocycles. The first-order chi connectivity index (χ1) is 10.3. The van der Waals surface area contributed by atoms with Gasteiger partial charge in [0.1, 0.15) is 11.6 Å². The van der Waals surface area contributed by atoms with Gasteiger partial charge in [-0.25, -0.2) is 4.98 Å². The molecule has 1 aromatic carbocycles. The summed E-state index contributed by atoms with van der Waals surface area (Å²) >= 11 is 0. The van der Waals surface area contributed by atoms with Gasteiger partial charge in [0.2, 0.25) is 0 Å². The fraction of sp³-hybridized carbons (Fsp3) is 0.500. The minimum absolute atomic E-state index is 0.550. The van der Waals surface area contributed by atoms with Crippen molar-refractivity contribution in [1.29, 1.82) is 0 Å². The van der Waals surface area contributed by atoms with E-state index in [4.69, 9.17) is 9.72 Å². The molecule has 2 aromatic rings. The number of rotatable bonds is 2. The summed E-state index contributed by atoms with van der Waals surface area (Å²) in [6.07, 6.45) is 6.06. The van der Waals surface area contributed by atoms with Crippen molar-refractivity contribution in [2.75, 3.05) is 6.61 Å². The highest BCUT2D eigenvalue weighted by Crippen LogP contribution is 2.35.